The molecule has 0 aliphatic rings. The molecule has 3 aromatic carbocycles. The average molecular weight is 352 g/mol. The summed E-state index contributed by atoms with van der Waals surface area (Å²) in [6, 6.07) is 20.5. The molecule has 5 heteroatoms. The van der Waals surface area contributed by atoms with Gasteiger partial charge in [-0.1, -0.05) is 36.4 Å². The number of carbonyl (C=O) groups is 1. The zero-order valence-electron chi connectivity index (χ0n) is 14.1. The Hall–Kier alpha value is -3.34. The molecule has 0 unspecified atom stereocenters. The highest BCUT2D eigenvalue weighted by Crippen LogP contribution is 2.26. The van der Waals surface area contributed by atoms with E-state index < -0.39 is 11.8 Å². The first-order valence-electron chi connectivity index (χ1n) is 7.99. The van der Waals surface area contributed by atoms with E-state index in [2.05, 4.69) is 0 Å². The summed E-state index contributed by atoms with van der Waals surface area (Å²) in [6.45, 7) is 0.00941. The van der Waals surface area contributed by atoms with Gasteiger partial charge in [-0.05, 0) is 36.4 Å². The number of methoxy groups -OCH3 is 1. The van der Waals surface area contributed by atoms with Gasteiger partial charge < -0.3 is 14.2 Å². The highest BCUT2D eigenvalue weighted by molar-refractivity contribution is 5.89. The second-order valence-electron chi connectivity index (χ2n) is 5.45. The van der Waals surface area contributed by atoms with Crippen molar-refractivity contribution in [2.45, 2.75) is 6.61 Å². The quantitative estimate of drug-likeness (QED) is 0.587. The van der Waals surface area contributed by atoms with Crippen LogP contribution >= 0.6 is 0 Å². The molecule has 3 rings (SSSR count). The maximum atomic E-state index is 13.7. The first-order chi connectivity index (χ1) is 12.7. The molecule has 26 heavy (non-hydrogen) atoms. The minimum absolute atomic E-state index is 0.00941. The summed E-state index contributed by atoms with van der Waals surface area (Å²) >= 11 is 0. The molecule has 0 heterocycles. The summed E-state index contributed by atoms with van der Waals surface area (Å²) in [6.07, 6.45) is 0. The second-order valence-corrected chi connectivity index (χ2v) is 5.45. The van der Waals surface area contributed by atoms with Crippen molar-refractivity contribution in [1.29, 1.82) is 0 Å². The van der Waals surface area contributed by atoms with Gasteiger partial charge in [0.15, 0.2) is 11.6 Å². The Morgan fingerprint density at radius 3 is 2.38 bits per heavy atom. The van der Waals surface area contributed by atoms with E-state index in [9.17, 15) is 9.18 Å². The topological polar surface area (TPSA) is 44.8 Å². The van der Waals surface area contributed by atoms with Gasteiger partial charge >= 0.3 is 5.97 Å². The number of hydrogen-bond acceptors (Lipinski definition) is 4. The Balaban J connectivity index is 1.70. The molecule has 0 fully saturated rings. The molecule has 4 nitrogen and oxygen atoms in total. The van der Waals surface area contributed by atoms with Gasteiger partial charge in [0.2, 0.25) is 0 Å². The summed E-state index contributed by atoms with van der Waals surface area (Å²) in [5.41, 5.74) is 0.823. The second kappa shape index (κ2) is 8.16. The number of halogens is 1. The van der Waals surface area contributed by atoms with Crippen LogP contribution in [0.1, 0.15) is 15.9 Å². The van der Waals surface area contributed by atoms with Crippen molar-refractivity contribution in [2.24, 2.45) is 0 Å². The normalized spacial score (nSPS) is 10.2. The molecule has 0 aliphatic carbocycles. The third kappa shape index (κ3) is 4.19. The van der Waals surface area contributed by atoms with E-state index >= 15 is 0 Å². The van der Waals surface area contributed by atoms with Gasteiger partial charge in [0.25, 0.3) is 0 Å². The van der Waals surface area contributed by atoms with Crippen LogP contribution in [-0.2, 0) is 11.3 Å². The van der Waals surface area contributed by atoms with E-state index in [1.165, 1.54) is 19.2 Å². The van der Waals surface area contributed by atoms with Crippen LogP contribution in [0.3, 0.4) is 0 Å². The maximum absolute atomic E-state index is 13.7. The lowest BCUT2D eigenvalue weighted by Crippen LogP contribution is -2.06. The van der Waals surface area contributed by atoms with Crippen LogP contribution in [0.25, 0.3) is 0 Å². The van der Waals surface area contributed by atoms with Crippen LogP contribution in [0.2, 0.25) is 0 Å². The summed E-state index contributed by atoms with van der Waals surface area (Å²) < 4.78 is 29.7. The number of rotatable bonds is 6. The molecule has 0 atom stereocenters. The lowest BCUT2D eigenvalue weighted by Gasteiger charge is -2.12. The van der Waals surface area contributed by atoms with E-state index in [1.54, 1.807) is 12.1 Å². The minimum Gasteiger partial charge on any atom is -0.494 e. The Kier molecular flexibility index (Phi) is 5.49. The molecule has 132 valence electrons. The van der Waals surface area contributed by atoms with Crippen molar-refractivity contribution >= 4 is 5.97 Å². The molecule has 0 radical (unpaired) electrons. The van der Waals surface area contributed by atoms with Crippen LogP contribution in [-0.4, -0.2) is 13.1 Å². The highest BCUT2D eigenvalue weighted by Gasteiger charge is 2.13. The van der Waals surface area contributed by atoms with Crippen molar-refractivity contribution in [2.75, 3.05) is 7.11 Å². The summed E-state index contributed by atoms with van der Waals surface area (Å²) in [4.78, 5) is 12.2. The van der Waals surface area contributed by atoms with Gasteiger partial charge in [-0.3, -0.25) is 0 Å². The fourth-order valence-electron chi connectivity index (χ4n) is 2.36. The lowest BCUT2D eigenvalue weighted by atomic mass is 10.2. The van der Waals surface area contributed by atoms with Gasteiger partial charge in [0.1, 0.15) is 18.1 Å². The molecule has 0 aromatic heterocycles. The molecule has 0 aliphatic heterocycles. The number of benzene rings is 3. The molecule has 0 saturated heterocycles. The molecule has 0 spiro atoms. The van der Waals surface area contributed by atoms with Crippen LogP contribution in [0, 0.1) is 5.82 Å². The Morgan fingerprint density at radius 1 is 0.923 bits per heavy atom. The van der Waals surface area contributed by atoms with Gasteiger partial charge in [-0.15, -0.1) is 0 Å². The number of carbonyl (C=O) groups excluding carboxylic acids is 1. The van der Waals surface area contributed by atoms with Crippen LogP contribution < -0.4 is 9.47 Å². The Bertz CT molecular complexity index is 894. The molecule has 0 N–H and O–H groups in total. The first kappa shape index (κ1) is 17.5. The zero-order valence-corrected chi connectivity index (χ0v) is 14.1. The predicted molar refractivity (Wildman–Crippen MR) is 95.0 cm³/mol. The summed E-state index contributed by atoms with van der Waals surface area (Å²) in [5, 5.41) is 0. The van der Waals surface area contributed by atoms with Gasteiger partial charge in [0.05, 0.1) is 12.7 Å². The third-order valence-corrected chi connectivity index (χ3v) is 3.69. The Morgan fingerprint density at radius 2 is 1.65 bits per heavy atom. The predicted octanol–water partition coefficient (Wildman–Crippen LogP) is 4.98. The molecular formula is C21H17FO4. The number of hydrogen-bond donors (Lipinski definition) is 0. The minimum atomic E-state index is -0.624. The van der Waals surface area contributed by atoms with E-state index in [4.69, 9.17) is 14.2 Å². The van der Waals surface area contributed by atoms with Crippen molar-refractivity contribution in [3.05, 3.63) is 89.7 Å². The van der Waals surface area contributed by atoms with Crippen molar-refractivity contribution in [1.82, 2.24) is 0 Å². The van der Waals surface area contributed by atoms with Gasteiger partial charge in [-0.25, -0.2) is 9.18 Å². The van der Waals surface area contributed by atoms with E-state index in [0.29, 0.717) is 17.1 Å². The fraction of sp³-hybridized carbons (Fsp3) is 0.0952. The van der Waals surface area contributed by atoms with Crippen molar-refractivity contribution in [3.8, 4) is 17.2 Å². The van der Waals surface area contributed by atoms with Crippen molar-refractivity contribution < 1.29 is 23.4 Å². The monoisotopic (exact) mass is 352 g/mol. The summed E-state index contributed by atoms with van der Waals surface area (Å²) in [5.74, 6) is 0.106. The molecule has 3 aromatic rings. The maximum Gasteiger partial charge on any atom is 0.338 e. The largest absolute Gasteiger partial charge is 0.494 e. The highest BCUT2D eigenvalue weighted by atomic mass is 19.1. The van der Waals surface area contributed by atoms with Crippen LogP contribution in [0.5, 0.6) is 17.2 Å². The van der Waals surface area contributed by atoms with Gasteiger partial charge in [-0.2, -0.15) is 0 Å². The molecule has 0 amide bonds. The lowest BCUT2D eigenvalue weighted by molar-refractivity contribution is 0.0470. The fourth-order valence-corrected chi connectivity index (χ4v) is 2.36. The van der Waals surface area contributed by atoms with E-state index in [0.717, 1.165) is 6.07 Å². The van der Waals surface area contributed by atoms with Gasteiger partial charge in [0, 0.05) is 5.56 Å². The number of para-hydroxylation sites is 2. The van der Waals surface area contributed by atoms with Crippen LogP contribution in [0.4, 0.5) is 4.39 Å². The Labute approximate surface area is 150 Å². The zero-order chi connectivity index (χ0) is 18.4. The summed E-state index contributed by atoms with van der Waals surface area (Å²) in [7, 11) is 1.36. The van der Waals surface area contributed by atoms with E-state index in [1.807, 2.05) is 42.5 Å². The third-order valence-electron chi connectivity index (χ3n) is 3.69. The molecule has 0 bridgehead atoms. The SMILES string of the molecule is COc1ccc(C(=O)OCc2ccccc2Oc2ccccc2)cc1F. The van der Waals surface area contributed by atoms with Crippen molar-refractivity contribution in [3.63, 3.8) is 0 Å². The average Bonchev–Trinajstić information content (AvgIpc) is 2.68. The van der Waals surface area contributed by atoms with E-state index in [-0.39, 0.29) is 17.9 Å². The smallest absolute Gasteiger partial charge is 0.338 e. The number of ether oxygens (including phenoxy) is 3. The molecule has 0 saturated carbocycles. The number of esters is 1. The molecular weight excluding hydrogens is 335 g/mol. The first-order valence-corrected chi connectivity index (χ1v) is 7.99. The standard InChI is InChI=1S/C21H17FO4/c1-24-20-12-11-15(13-18(20)22)21(23)25-14-16-7-5-6-10-19(16)26-17-8-3-2-4-9-17/h2-13H,14H2,1H3. The van der Waals surface area contributed by atoms with Crippen LogP contribution in [0.15, 0.2) is 72.8 Å².